The fourth-order valence-corrected chi connectivity index (χ4v) is 2.21. The zero-order valence-corrected chi connectivity index (χ0v) is 12.9. The van der Waals surface area contributed by atoms with Crippen LogP contribution >= 0.6 is 11.6 Å². The summed E-state index contributed by atoms with van der Waals surface area (Å²) in [5, 5.41) is 13.5. The maximum atomic E-state index is 12.1. The molecule has 0 aliphatic carbocycles. The lowest BCUT2D eigenvalue weighted by Crippen LogP contribution is -2.34. The molecule has 0 aliphatic heterocycles. The number of Topliss-reactive ketones (excluding diaryl/α,β-unsaturated/α-hetero) is 1. The Morgan fingerprint density at radius 3 is 2.74 bits per heavy atom. The molecule has 23 heavy (non-hydrogen) atoms. The van der Waals surface area contributed by atoms with E-state index in [2.05, 4.69) is 5.32 Å². The maximum Gasteiger partial charge on any atom is 0.271 e. The third-order valence-electron chi connectivity index (χ3n) is 3.02. The Morgan fingerprint density at radius 2 is 2.13 bits per heavy atom. The molecule has 0 saturated carbocycles. The van der Waals surface area contributed by atoms with E-state index < -0.39 is 16.9 Å². The lowest BCUT2D eigenvalue weighted by Gasteiger charge is -2.12. The number of carbonyl (C=O) groups is 2. The molecule has 0 saturated heterocycles. The standard InChI is InChI=1S/C15H13ClN2O5/c1-9(5-13(19)14-3-2-4-23-14)17-15(20)10-6-11(16)8-12(7-10)18(21)22/h2-4,6-9H,5H2,1H3,(H,17,20)/t9-/m0/s1. The van der Waals surface area contributed by atoms with E-state index in [-0.39, 0.29) is 34.2 Å². The van der Waals surface area contributed by atoms with Gasteiger partial charge in [-0.05, 0) is 25.1 Å². The van der Waals surface area contributed by atoms with E-state index >= 15 is 0 Å². The average molecular weight is 337 g/mol. The van der Waals surface area contributed by atoms with E-state index in [1.54, 1.807) is 13.0 Å². The number of furan rings is 1. The summed E-state index contributed by atoms with van der Waals surface area (Å²) in [4.78, 5) is 34.2. The van der Waals surface area contributed by atoms with Crippen molar-refractivity contribution in [1.29, 1.82) is 0 Å². The summed E-state index contributed by atoms with van der Waals surface area (Å²) in [6.45, 7) is 1.65. The van der Waals surface area contributed by atoms with Gasteiger partial charge in [-0.3, -0.25) is 19.7 Å². The van der Waals surface area contributed by atoms with Crippen molar-refractivity contribution in [3.05, 3.63) is 63.1 Å². The van der Waals surface area contributed by atoms with Crippen LogP contribution in [0.2, 0.25) is 5.02 Å². The van der Waals surface area contributed by atoms with E-state index in [0.29, 0.717) is 0 Å². The van der Waals surface area contributed by atoms with Crippen molar-refractivity contribution in [2.24, 2.45) is 0 Å². The Hall–Kier alpha value is -2.67. The van der Waals surface area contributed by atoms with E-state index in [4.69, 9.17) is 16.0 Å². The minimum Gasteiger partial charge on any atom is -0.461 e. The predicted octanol–water partition coefficient (Wildman–Crippen LogP) is 3.23. The van der Waals surface area contributed by atoms with Crippen molar-refractivity contribution in [2.45, 2.75) is 19.4 Å². The maximum absolute atomic E-state index is 12.1. The molecule has 1 N–H and O–H groups in total. The molecule has 1 aromatic carbocycles. The van der Waals surface area contributed by atoms with Crippen molar-refractivity contribution in [3.8, 4) is 0 Å². The fraction of sp³-hybridized carbons (Fsp3) is 0.200. The molecule has 2 rings (SSSR count). The second-order valence-electron chi connectivity index (χ2n) is 4.93. The van der Waals surface area contributed by atoms with Gasteiger partial charge in [-0.2, -0.15) is 0 Å². The highest BCUT2D eigenvalue weighted by Crippen LogP contribution is 2.21. The molecule has 0 radical (unpaired) electrons. The first-order valence-corrected chi connectivity index (χ1v) is 7.07. The van der Waals surface area contributed by atoms with E-state index in [1.807, 2.05) is 0 Å². The number of hydrogen-bond donors (Lipinski definition) is 1. The molecule has 0 unspecified atom stereocenters. The van der Waals surface area contributed by atoms with Crippen LogP contribution in [0.15, 0.2) is 41.0 Å². The number of nitro benzene ring substituents is 1. The van der Waals surface area contributed by atoms with E-state index in [0.717, 1.165) is 12.1 Å². The van der Waals surface area contributed by atoms with Crippen molar-refractivity contribution < 1.29 is 18.9 Å². The molecule has 8 heteroatoms. The number of carbonyl (C=O) groups excluding carboxylic acids is 2. The third-order valence-corrected chi connectivity index (χ3v) is 3.24. The number of non-ortho nitro benzene ring substituents is 1. The number of rotatable bonds is 6. The second-order valence-corrected chi connectivity index (χ2v) is 5.37. The summed E-state index contributed by atoms with van der Waals surface area (Å²) in [6.07, 6.45) is 1.43. The van der Waals surface area contributed by atoms with Gasteiger partial charge >= 0.3 is 0 Å². The number of nitrogens with zero attached hydrogens (tertiary/aromatic N) is 1. The summed E-state index contributed by atoms with van der Waals surface area (Å²) >= 11 is 5.78. The summed E-state index contributed by atoms with van der Waals surface area (Å²) in [5.74, 6) is -0.584. The fourth-order valence-electron chi connectivity index (χ4n) is 1.98. The first kappa shape index (κ1) is 16.7. The highest BCUT2D eigenvalue weighted by atomic mass is 35.5. The molecular formula is C15H13ClN2O5. The van der Waals surface area contributed by atoms with Gasteiger partial charge in [0.05, 0.1) is 11.2 Å². The number of amides is 1. The minimum atomic E-state index is -0.632. The Labute approximate surface area is 136 Å². The molecule has 0 spiro atoms. The van der Waals surface area contributed by atoms with Crippen LogP contribution < -0.4 is 5.32 Å². The molecule has 0 aliphatic rings. The summed E-state index contributed by atoms with van der Waals surface area (Å²) in [5.41, 5.74) is -0.219. The van der Waals surface area contributed by atoms with Crippen LogP contribution in [0.5, 0.6) is 0 Å². The molecule has 7 nitrogen and oxygen atoms in total. The van der Waals surface area contributed by atoms with Crippen molar-refractivity contribution in [3.63, 3.8) is 0 Å². The Kier molecular flexibility index (Phi) is 5.13. The van der Waals surface area contributed by atoms with Crippen molar-refractivity contribution in [1.82, 2.24) is 5.32 Å². The van der Waals surface area contributed by atoms with Crippen LogP contribution in [0.4, 0.5) is 5.69 Å². The van der Waals surface area contributed by atoms with Gasteiger partial charge in [0.2, 0.25) is 0 Å². The van der Waals surface area contributed by atoms with Crippen molar-refractivity contribution in [2.75, 3.05) is 0 Å². The molecule has 1 heterocycles. The van der Waals surface area contributed by atoms with Crippen LogP contribution in [0.1, 0.15) is 34.3 Å². The van der Waals surface area contributed by atoms with Gasteiger partial charge in [0, 0.05) is 35.2 Å². The van der Waals surface area contributed by atoms with Gasteiger partial charge in [-0.1, -0.05) is 11.6 Å². The van der Waals surface area contributed by atoms with Gasteiger partial charge in [0.1, 0.15) is 0 Å². The van der Waals surface area contributed by atoms with E-state index in [9.17, 15) is 19.7 Å². The second kappa shape index (κ2) is 7.06. The third kappa shape index (κ3) is 4.40. The van der Waals surface area contributed by atoms with Crippen LogP contribution in [0.25, 0.3) is 0 Å². The monoisotopic (exact) mass is 336 g/mol. The molecule has 120 valence electrons. The molecular weight excluding hydrogens is 324 g/mol. The molecule has 1 aromatic heterocycles. The first-order valence-electron chi connectivity index (χ1n) is 6.69. The molecule has 0 fully saturated rings. The van der Waals surface area contributed by atoms with Gasteiger partial charge < -0.3 is 9.73 Å². The zero-order chi connectivity index (χ0) is 17.0. The largest absolute Gasteiger partial charge is 0.461 e. The Balaban J connectivity index is 2.04. The summed E-state index contributed by atoms with van der Waals surface area (Å²) in [7, 11) is 0. The lowest BCUT2D eigenvalue weighted by atomic mass is 10.1. The Bertz CT molecular complexity index is 742. The van der Waals surface area contributed by atoms with Crippen molar-refractivity contribution >= 4 is 29.0 Å². The van der Waals surface area contributed by atoms with Crippen LogP contribution in [-0.4, -0.2) is 22.7 Å². The number of ketones is 1. The zero-order valence-electron chi connectivity index (χ0n) is 12.1. The Morgan fingerprint density at radius 1 is 1.39 bits per heavy atom. The number of halogens is 1. The number of benzene rings is 1. The minimum absolute atomic E-state index is 0.0436. The smallest absolute Gasteiger partial charge is 0.271 e. The highest BCUT2D eigenvalue weighted by molar-refractivity contribution is 6.31. The SMILES string of the molecule is C[C@@H](CC(=O)c1ccco1)NC(=O)c1cc(Cl)cc([N+](=O)[O-])c1. The van der Waals surface area contributed by atoms with E-state index in [1.165, 1.54) is 18.4 Å². The quantitative estimate of drug-likeness (QED) is 0.495. The topological polar surface area (TPSA) is 102 Å². The molecule has 1 atom stereocenters. The van der Waals surface area contributed by atoms with Crippen LogP contribution in [0, 0.1) is 10.1 Å². The lowest BCUT2D eigenvalue weighted by molar-refractivity contribution is -0.384. The predicted molar refractivity (Wildman–Crippen MR) is 82.7 cm³/mol. The number of nitro groups is 1. The molecule has 0 bridgehead atoms. The van der Waals surface area contributed by atoms with Gasteiger partial charge in [-0.15, -0.1) is 0 Å². The molecule has 2 aromatic rings. The van der Waals surface area contributed by atoms with Crippen LogP contribution in [-0.2, 0) is 0 Å². The van der Waals surface area contributed by atoms with Gasteiger partial charge in [0.15, 0.2) is 11.5 Å². The number of nitrogens with one attached hydrogen (secondary N) is 1. The van der Waals surface area contributed by atoms with Crippen LogP contribution in [0.3, 0.4) is 0 Å². The summed E-state index contributed by atoms with van der Waals surface area (Å²) < 4.78 is 4.99. The highest BCUT2D eigenvalue weighted by Gasteiger charge is 2.18. The normalized spacial score (nSPS) is 11.7. The first-order chi connectivity index (χ1) is 10.9. The molecule has 1 amide bonds. The summed E-state index contributed by atoms with van der Waals surface area (Å²) in [6, 6.07) is 6.27. The average Bonchev–Trinajstić information content (AvgIpc) is 3.00. The van der Waals surface area contributed by atoms with Gasteiger partial charge in [0.25, 0.3) is 11.6 Å². The number of hydrogen-bond acceptors (Lipinski definition) is 5. The van der Waals surface area contributed by atoms with Gasteiger partial charge in [-0.25, -0.2) is 0 Å².